The summed E-state index contributed by atoms with van der Waals surface area (Å²) in [5.41, 5.74) is 2.92. The van der Waals surface area contributed by atoms with Crippen molar-refractivity contribution in [2.24, 2.45) is 5.92 Å². The lowest BCUT2D eigenvalue weighted by Gasteiger charge is -2.30. The number of aryl methyl sites for hydroxylation is 1. The first-order chi connectivity index (χ1) is 13.1. The molecule has 1 aliphatic heterocycles. The number of hydrogen-bond acceptors (Lipinski definition) is 5. The van der Waals surface area contributed by atoms with Crippen molar-refractivity contribution in [1.82, 2.24) is 19.5 Å². The molecular weight excluding hydrogens is 360 g/mol. The number of nitrogens with zero attached hydrogens (tertiary/aromatic N) is 4. The van der Waals surface area contributed by atoms with Crippen molar-refractivity contribution < 1.29 is 9.53 Å². The fourth-order valence-electron chi connectivity index (χ4n) is 3.76. The van der Waals surface area contributed by atoms with Crippen LogP contribution in [0.4, 0.5) is 0 Å². The molecule has 1 aromatic carbocycles. The second kappa shape index (κ2) is 7.38. The average Bonchev–Trinajstić information content (AvgIpc) is 3.08. The van der Waals surface area contributed by atoms with Crippen molar-refractivity contribution in [1.29, 1.82) is 0 Å². The van der Waals surface area contributed by atoms with Crippen molar-refractivity contribution in [3.63, 3.8) is 0 Å². The third-order valence-electron chi connectivity index (χ3n) is 5.21. The number of benzene rings is 1. The molecule has 7 heteroatoms. The Morgan fingerprint density at radius 3 is 2.96 bits per heavy atom. The van der Waals surface area contributed by atoms with E-state index in [-0.39, 0.29) is 5.91 Å². The van der Waals surface area contributed by atoms with Gasteiger partial charge in [-0.15, -0.1) is 10.2 Å². The zero-order valence-electron chi connectivity index (χ0n) is 15.9. The van der Waals surface area contributed by atoms with Crippen molar-refractivity contribution in [3.8, 4) is 5.75 Å². The van der Waals surface area contributed by atoms with Gasteiger partial charge in [-0.1, -0.05) is 18.7 Å². The maximum absolute atomic E-state index is 12.6. The molecule has 3 aromatic rings. The molecule has 2 aromatic heterocycles. The van der Waals surface area contributed by atoms with E-state index >= 15 is 0 Å². The van der Waals surface area contributed by atoms with E-state index in [9.17, 15) is 4.79 Å². The van der Waals surface area contributed by atoms with Gasteiger partial charge in [0.15, 0.2) is 10.8 Å². The Balaban J connectivity index is 1.64. The van der Waals surface area contributed by atoms with E-state index < -0.39 is 0 Å². The lowest BCUT2D eigenvalue weighted by Crippen LogP contribution is -2.40. The van der Waals surface area contributed by atoms with Gasteiger partial charge in [0.1, 0.15) is 5.75 Å². The summed E-state index contributed by atoms with van der Waals surface area (Å²) in [7, 11) is 1.66. The van der Waals surface area contributed by atoms with Crippen LogP contribution < -0.4 is 4.74 Å². The molecule has 1 unspecified atom stereocenters. The first-order valence-electron chi connectivity index (χ1n) is 9.30. The van der Waals surface area contributed by atoms with Gasteiger partial charge >= 0.3 is 0 Å². The van der Waals surface area contributed by atoms with Crippen LogP contribution in [0.15, 0.2) is 29.4 Å². The number of amides is 1. The second-order valence-corrected chi connectivity index (χ2v) is 8.20. The number of aromatic nitrogens is 3. The minimum Gasteiger partial charge on any atom is -0.497 e. The summed E-state index contributed by atoms with van der Waals surface area (Å²) in [4.78, 5) is 14.6. The molecule has 27 heavy (non-hydrogen) atoms. The molecule has 6 nitrogen and oxygen atoms in total. The molecule has 3 heterocycles. The number of piperidine rings is 1. The molecule has 1 aliphatic rings. The zero-order valence-corrected chi connectivity index (χ0v) is 16.8. The molecule has 0 N–H and O–H groups in total. The number of rotatable bonds is 4. The van der Waals surface area contributed by atoms with Crippen molar-refractivity contribution in [2.75, 3.05) is 26.0 Å². The predicted octanol–water partition coefficient (Wildman–Crippen LogP) is 3.55. The highest BCUT2D eigenvalue weighted by atomic mass is 32.2. The van der Waals surface area contributed by atoms with Gasteiger partial charge < -0.3 is 9.64 Å². The van der Waals surface area contributed by atoms with Crippen LogP contribution in [0.25, 0.3) is 16.6 Å². The molecule has 1 fully saturated rings. The lowest BCUT2D eigenvalue weighted by atomic mass is 10.0. The third kappa shape index (κ3) is 3.48. The molecule has 142 valence electrons. The Bertz CT molecular complexity index is 1000. The van der Waals surface area contributed by atoms with Crippen LogP contribution in [0, 0.1) is 12.8 Å². The summed E-state index contributed by atoms with van der Waals surface area (Å²) < 4.78 is 7.41. The van der Waals surface area contributed by atoms with Gasteiger partial charge in [0.25, 0.3) is 0 Å². The maximum Gasteiger partial charge on any atom is 0.233 e. The zero-order chi connectivity index (χ0) is 19.0. The lowest BCUT2D eigenvalue weighted by molar-refractivity contribution is -0.130. The van der Waals surface area contributed by atoms with Crippen LogP contribution in [-0.2, 0) is 4.79 Å². The summed E-state index contributed by atoms with van der Waals surface area (Å²) in [5, 5.41) is 10.5. The first kappa shape index (κ1) is 18.1. The third-order valence-corrected chi connectivity index (χ3v) is 6.12. The number of ether oxygens (including phenoxy) is 1. The van der Waals surface area contributed by atoms with Crippen LogP contribution in [-0.4, -0.2) is 51.4 Å². The topological polar surface area (TPSA) is 59.7 Å². The second-order valence-electron chi connectivity index (χ2n) is 7.26. The number of carbonyl (C=O) groups is 1. The normalized spacial score (nSPS) is 17.6. The van der Waals surface area contributed by atoms with E-state index in [2.05, 4.69) is 30.1 Å². The van der Waals surface area contributed by atoms with Gasteiger partial charge in [-0.2, -0.15) is 0 Å². The van der Waals surface area contributed by atoms with Gasteiger partial charge in [0.2, 0.25) is 5.91 Å². The molecule has 1 saturated heterocycles. The highest BCUT2D eigenvalue weighted by molar-refractivity contribution is 7.99. The Hall–Kier alpha value is -2.28. The standard InChI is InChI=1S/C20H24N4O2S/c1-13-5-4-8-23(11-13)19(25)12-27-20-22-21-18-9-14(2)16-7-6-15(26-3)10-17(16)24(18)20/h6-7,9-10,13H,4-5,8,11-12H2,1-3H3. The molecule has 0 spiro atoms. The Morgan fingerprint density at radius 1 is 1.33 bits per heavy atom. The number of likely N-dealkylation sites (tertiary alicyclic amines) is 1. The molecule has 1 amide bonds. The van der Waals surface area contributed by atoms with Gasteiger partial charge in [-0.3, -0.25) is 9.20 Å². The number of thioether (sulfide) groups is 1. The molecular formula is C20H24N4O2S. The minimum atomic E-state index is 0.178. The predicted molar refractivity (Wildman–Crippen MR) is 107 cm³/mol. The molecule has 0 aliphatic carbocycles. The molecule has 0 saturated carbocycles. The Kier molecular flexibility index (Phi) is 4.95. The van der Waals surface area contributed by atoms with E-state index in [1.807, 2.05) is 27.5 Å². The summed E-state index contributed by atoms with van der Waals surface area (Å²) in [6.45, 7) is 6.00. The van der Waals surface area contributed by atoms with Crippen LogP contribution in [0.2, 0.25) is 0 Å². The smallest absolute Gasteiger partial charge is 0.233 e. The fraction of sp³-hybridized carbons (Fsp3) is 0.450. The van der Waals surface area contributed by atoms with Crippen molar-refractivity contribution in [2.45, 2.75) is 31.8 Å². The number of carbonyl (C=O) groups excluding carboxylic acids is 1. The summed E-state index contributed by atoms with van der Waals surface area (Å²) in [5.74, 6) is 1.93. The van der Waals surface area contributed by atoms with Crippen LogP contribution in [0.3, 0.4) is 0 Å². The summed E-state index contributed by atoms with van der Waals surface area (Å²) in [6, 6.07) is 8.04. The number of fused-ring (bicyclic) bond motifs is 3. The quantitative estimate of drug-likeness (QED) is 0.644. The van der Waals surface area contributed by atoms with Gasteiger partial charge in [0, 0.05) is 24.5 Å². The van der Waals surface area contributed by atoms with Crippen molar-refractivity contribution >= 4 is 34.2 Å². The van der Waals surface area contributed by atoms with Crippen LogP contribution in [0.5, 0.6) is 5.75 Å². The van der Waals surface area contributed by atoms with E-state index in [0.29, 0.717) is 11.7 Å². The average molecular weight is 385 g/mol. The number of hydrogen-bond donors (Lipinski definition) is 0. The van der Waals surface area contributed by atoms with Gasteiger partial charge in [-0.05, 0) is 49.4 Å². The monoisotopic (exact) mass is 384 g/mol. The van der Waals surface area contributed by atoms with Gasteiger partial charge in [0.05, 0.1) is 18.4 Å². The largest absolute Gasteiger partial charge is 0.497 e. The van der Waals surface area contributed by atoms with E-state index in [1.54, 1.807) is 7.11 Å². The molecule has 0 bridgehead atoms. The van der Waals surface area contributed by atoms with Crippen molar-refractivity contribution in [3.05, 3.63) is 29.8 Å². The van der Waals surface area contributed by atoms with Gasteiger partial charge in [-0.25, -0.2) is 0 Å². The maximum atomic E-state index is 12.6. The SMILES string of the molecule is COc1ccc2c(C)cc3nnc(SCC(=O)N4CCCC(C)C4)n3c2c1. The van der Waals surface area contributed by atoms with E-state index in [1.165, 1.54) is 18.2 Å². The van der Waals surface area contributed by atoms with E-state index in [0.717, 1.165) is 52.5 Å². The summed E-state index contributed by atoms with van der Waals surface area (Å²) in [6.07, 6.45) is 2.30. The molecule has 0 radical (unpaired) electrons. The number of pyridine rings is 1. The van der Waals surface area contributed by atoms with Crippen LogP contribution >= 0.6 is 11.8 Å². The summed E-state index contributed by atoms with van der Waals surface area (Å²) >= 11 is 1.45. The first-order valence-corrected chi connectivity index (χ1v) is 10.3. The van der Waals surface area contributed by atoms with E-state index in [4.69, 9.17) is 4.74 Å². The Labute approximate surface area is 162 Å². The fourth-order valence-corrected chi connectivity index (χ4v) is 4.61. The molecule has 1 atom stereocenters. The molecule has 4 rings (SSSR count). The van der Waals surface area contributed by atoms with Crippen LogP contribution in [0.1, 0.15) is 25.3 Å². The highest BCUT2D eigenvalue weighted by Crippen LogP contribution is 2.29. The number of methoxy groups -OCH3 is 1. The highest BCUT2D eigenvalue weighted by Gasteiger charge is 2.22. The Morgan fingerprint density at radius 2 is 2.19 bits per heavy atom. The minimum absolute atomic E-state index is 0.178.